The third-order valence-corrected chi connectivity index (χ3v) is 7.54. The van der Waals surface area contributed by atoms with Crippen LogP contribution in [0.25, 0.3) is 5.70 Å². The molecule has 2 aromatic rings. The highest BCUT2D eigenvalue weighted by Crippen LogP contribution is 2.44. The number of morpholine rings is 1. The molecule has 1 aliphatic carbocycles. The number of aliphatic imine (C=N–C) groups is 1. The summed E-state index contributed by atoms with van der Waals surface area (Å²) in [5.74, 6) is 1.28. The molecule has 7 heteroatoms. The van der Waals surface area contributed by atoms with Gasteiger partial charge < -0.3 is 19.3 Å². The van der Waals surface area contributed by atoms with Crippen LogP contribution in [0.2, 0.25) is 0 Å². The summed E-state index contributed by atoms with van der Waals surface area (Å²) in [7, 11) is 3.94. The number of rotatable bonds is 7. The number of hydrogen-bond acceptors (Lipinski definition) is 7. The molecule has 1 atom stereocenters. The monoisotopic (exact) mass is 514 g/mol. The molecule has 0 radical (unpaired) electrons. The van der Waals surface area contributed by atoms with Crippen LogP contribution in [-0.2, 0) is 15.9 Å². The molecule has 38 heavy (non-hydrogen) atoms. The molecule has 3 heterocycles. The Morgan fingerprint density at radius 3 is 2.74 bits per heavy atom. The van der Waals surface area contributed by atoms with Crippen LogP contribution < -0.4 is 0 Å². The number of amidine groups is 1. The molecule has 1 aromatic carbocycles. The molecule has 1 unspecified atom stereocenters. The largest absolute Gasteiger partial charge is 0.461 e. The van der Waals surface area contributed by atoms with Gasteiger partial charge in [-0.25, -0.2) is 9.79 Å². The Labute approximate surface area is 225 Å². The minimum Gasteiger partial charge on any atom is -0.461 e. The summed E-state index contributed by atoms with van der Waals surface area (Å²) in [5.41, 5.74) is 6.59. The second-order valence-corrected chi connectivity index (χ2v) is 10.5. The fraction of sp³-hybridized carbons (Fsp3) is 0.452. The van der Waals surface area contributed by atoms with Gasteiger partial charge in [0.2, 0.25) is 0 Å². The first-order chi connectivity index (χ1) is 18.6. The maximum absolute atomic E-state index is 12.8. The lowest BCUT2D eigenvalue weighted by Crippen LogP contribution is -2.40. The van der Waals surface area contributed by atoms with Crippen LogP contribution in [-0.4, -0.2) is 80.1 Å². The van der Waals surface area contributed by atoms with Gasteiger partial charge in [0.1, 0.15) is 12.4 Å². The van der Waals surface area contributed by atoms with E-state index in [9.17, 15) is 4.79 Å². The minimum atomic E-state index is -0.291. The normalized spacial score (nSPS) is 24.6. The summed E-state index contributed by atoms with van der Waals surface area (Å²) in [6.45, 7) is 4.25. The molecule has 3 aliphatic rings. The second kappa shape index (κ2) is 12.5. The number of benzene rings is 1. The zero-order valence-corrected chi connectivity index (χ0v) is 22.6. The first-order valence-electron chi connectivity index (χ1n) is 13.7. The van der Waals surface area contributed by atoms with Crippen molar-refractivity contribution in [3.63, 3.8) is 0 Å². The van der Waals surface area contributed by atoms with Gasteiger partial charge in [-0.2, -0.15) is 0 Å². The molecule has 0 bridgehead atoms. The number of hydrogen-bond donors (Lipinski definition) is 0. The lowest BCUT2D eigenvalue weighted by Gasteiger charge is -2.31. The molecule has 200 valence electrons. The van der Waals surface area contributed by atoms with Crippen molar-refractivity contribution in [2.24, 2.45) is 10.9 Å². The van der Waals surface area contributed by atoms with Crippen LogP contribution in [0, 0.1) is 5.92 Å². The number of carbonyl (C=O) groups is 1. The van der Waals surface area contributed by atoms with Crippen molar-refractivity contribution >= 4 is 17.5 Å². The van der Waals surface area contributed by atoms with Gasteiger partial charge in [-0.3, -0.25) is 4.98 Å². The first-order valence-corrected chi connectivity index (χ1v) is 13.7. The van der Waals surface area contributed by atoms with Crippen LogP contribution in [0.1, 0.15) is 47.2 Å². The SMILES string of the molecule is CN(C)CCOC(=O)c1cccc(C2=C3\CCC(Cc4ccncc4)\C3=C\CC/C(N3CCOCC3)=N\2)c1. The van der Waals surface area contributed by atoms with Crippen LogP contribution >= 0.6 is 0 Å². The van der Waals surface area contributed by atoms with E-state index < -0.39 is 0 Å². The van der Waals surface area contributed by atoms with E-state index in [1.807, 2.05) is 49.6 Å². The van der Waals surface area contributed by atoms with Gasteiger partial charge in [-0.1, -0.05) is 18.2 Å². The van der Waals surface area contributed by atoms with Gasteiger partial charge in [-0.05, 0) is 86.7 Å². The fourth-order valence-electron chi connectivity index (χ4n) is 5.52. The molecule has 5 rings (SSSR count). The average molecular weight is 515 g/mol. The third kappa shape index (κ3) is 6.40. The second-order valence-electron chi connectivity index (χ2n) is 10.5. The number of likely N-dealkylation sites (N-methyl/N-ethyl adjacent to an activating group) is 1. The van der Waals surface area contributed by atoms with Crippen LogP contribution in [0.4, 0.5) is 0 Å². The number of nitrogens with zero attached hydrogens (tertiary/aromatic N) is 4. The molecule has 1 saturated heterocycles. The van der Waals surface area contributed by atoms with Gasteiger partial charge in [0.05, 0.1) is 24.5 Å². The van der Waals surface area contributed by atoms with E-state index in [-0.39, 0.29) is 5.97 Å². The summed E-state index contributed by atoms with van der Waals surface area (Å²) in [6, 6.07) is 12.0. The Balaban J connectivity index is 1.49. The summed E-state index contributed by atoms with van der Waals surface area (Å²) < 4.78 is 11.1. The number of ether oxygens (including phenoxy) is 2. The Morgan fingerprint density at radius 2 is 1.95 bits per heavy atom. The molecule has 2 fully saturated rings. The standard InChI is InChI=1S/C31H38N4O3/c1-34(2)15-20-38-31(36)26-6-3-5-25(22-26)30-28-10-9-24(21-23-11-13-32-14-12-23)27(28)7-4-8-29(33-30)35-16-18-37-19-17-35/h3,5-7,11-14,22,24H,4,8-10,15-21H2,1-2H3/b27-7-,30-28-,33-29+. The molecule has 2 aliphatic heterocycles. The van der Waals surface area contributed by atoms with E-state index in [4.69, 9.17) is 14.5 Å². The Morgan fingerprint density at radius 1 is 1.13 bits per heavy atom. The van der Waals surface area contributed by atoms with Gasteiger partial charge >= 0.3 is 5.97 Å². The topological polar surface area (TPSA) is 67.3 Å². The minimum absolute atomic E-state index is 0.291. The predicted molar refractivity (Wildman–Crippen MR) is 150 cm³/mol. The molecular weight excluding hydrogens is 476 g/mol. The molecule has 7 nitrogen and oxygen atoms in total. The molecule has 1 aromatic heterocycles. The van der Waals surface area contributed by atoms with Crippen molar-refractivity contribution in [3.8, 4) is 0 Å². The maximum atomic E-state index is 12.8. The Kier molecular flexibility index (Phi) is 8.66. The number of esters is 1. The van der Waals surface area contributed by atoms with E-state index in [0.29, 0.717) is 24.6 Å². The Hall–Kier alpha value is -3.29. The van der Waals surface area contributed by atoms with Gasteiger partial charge in [0, 0.05) is 44.0 Å². The van der Waals surface area contributed by atoms with Gasteiger partial charge in [-0.15, -0.1) is 0 Å². The van der Waals surface area contributed by atoms with Crippen LogP contribution in [0.5, 0.6) is 0 Å². The van der Waals surface area contributed by atoms with E-state index in [0.717, 1.165) is 75.5 Å². The molecule has 0 amide bonds. The van der Waals surface area contributed by atoms with E-state index in [2.05, 4.69) is 34.2 Å². The lowest BCUT2D eigenvalue weighted by atomic mass is 9.90. The number of aromatic nitrogens is 1. The highest BCUT2D eigenvalue weighted by molar-refractivity contribution is 5.93. The van der Waals surface area contributed by atoms with Crippen molar-refractivity contribution in [1.82, 2.24) is 14.8 Å². The molecule has 0 N–H and O–H groups in total. The highest BCUT2D eigenvalue weighted by Gasteiger charge is 2.30. The number of pyridine rings is 1. The highest BCUT2D eigenvalue weighted by atomic mass is 16.5. The quantitative estimate of drug-likeness (QED) is 0.503. The van der Waals surface area contributed by atoms with E-state index >= 15 is 0 Å². The van der Waals surface area contributed by atoms with Crippen molar-refractivity contribution in [2.75, 3.05) is 53.6 Å². The number of allylic oxidation sites excluding steroid dienone is 3. The van der Waals surface area contributed by atoms with Crippen molar-refractivity contribution in [2.45, 2.75) is 32.1 Å². The van der Waals surface area contributed by atoms with Crippen LogP contribution in [0.3, 0.4) is 0 Å². The summed E-state index contributed by atoms with van der Waals surface area (Å²) in [5, 5.41) is 0. The van der Waals surface area contributed by atoms with Gasteiger partial charge in [0.25, 0.3) is 0 Å². The van der Waals surface area contributed by atoms with E-state index in [1.165, 1.54) is 16.7 Å². The maximum Gasteiger partial charge on any atom is 0.338 e. The van der Waals surface area contributed by atoms with Crippen molar-refractivity contribution in [1.29, 1.82) is 0 Å². The Bertz CT molecular complexity index is 1210. The lowest BCUT2D eigenvalue weighted by molar-refractivity contribution is 0.0482. The summed E-state index contributed by atoms with van der Waals surface area (Å²) in [4.78, 5) is 26.8. The fourth-order valence-corrected chi connectivity index (χ4v) is 5.52. The average Bonchev–Trinajstić information content (AvgIpc) is 3.30. The smallest absolute Gasteiger partial charge is 0.338 e. The zero-order chi connectivity index (χ0) is 26.3. The van der Waals surface area contributed by atoms with Crippen LogP contribution in [0.15, 0.2) is 71.0 Å². The van der Waals surface area contributed by atoms with Gasteiger partial charge in [0.15, 0.2) is 0 Å². The predicted octanol–water partition coefficient (Wildman–Crippen LogP) is 4.61. The molecule has 1 saturated carbocycles. The zero-order valence-electron chi connectivity index (χ0n) is 22.6. The number of fused-ring (bicyclic) bond motifs is 1. The summed E-state index contributed by atoms with van der Waals surface area (Å²) >= 11 is 0. The molecular formula is C31H38N4O3. The molecule has 0 spiro atoms. The van der Waals surface area contributed by atoms with E-state index in [1.54, 1.807) is 0 Å². The summed E-state index contributed by atoms with van der Waals surface area (Å²) in [6.07, 6.45) is 11.2. The third-order valence-electron chi connectivity index (χ3n) is 7.54. The van der Waals surface area contributed by atoms with Crippen molar-refractivity contribution < 1.29 is 14.3 Å². The number of carbonyl (C=O) groups excluding carboxylic acids is 1. The van der Waals surface area contributed by atoms with Crippen molar-refractivity contribution in [3.05, 3.63) is 82.7 Å². The first kappa shape index (κ1) is 26.3.